The van der Waals surface area contributed by atoms with Crippen LogP contribution in [0.2, 0.25) is 0 Å². The van der Waals surface area contributed by atoms with Crippen molar-refractivity contribution >= 4 is 17.5 Å². The van der Waals surface area contributed by atoms with Crippen LogP contribution in [0.1, 0.15) is 11.1 Å². The van der Waals surface area contributed by atoms with Crippen molar-refractivity contribution < 1.29 is 22.7 Å². The highest BCUT2D eigenvalue weighted by Gasteiger charge is 2.36. The normalized spacial score (nSPS) is 11.1. The Morgan fingerprint density at radius 2 is 1.92 bits per heavy atom. The summed E-state index contributed by atoms with van der Waals surface area (Å²) in [6.07, 6.45) is -4.69. The topological polar surface area (TPSA) is 93.4 Å². The summed E-state index contributed by atoms with van der Waals surface area (Å²) < 4.78 is 44.4. The van der Waals surface area contributed by atoms with Gasteiger partial charge < -0.3 is 20.7 Å². The molecule has 0 aliphatic heterocycles. The lowest BCUT2D eigenvalue weighted by molar-refractivity contribution is -0.139. The zero-order valence-electron chi connectivity index (χ0n) is 13.7. The fraction of sp³-hybridized carbons (Fsp3) is 0.267. The van der Waals surface area contributed by atoms with E-state index < -0.39 is 17.6 Å². The Hall–Kier alpha value is -3.04. The molecule has 0 aliphatic rings. The Morgan fingerprint density at radius 3 is 2.48 bits per heavy atom. The summed E-state index contributed by atoms with van der Waals surface area (Å²) in [7, 11) is 3.16. The van der Waals surface area contributed by atoms with E-state index in [0.29, 0.717) is 17.3 Å². The molecule has 0 fully saturated rings. The molecule has 0 saturated heterocycles. The van der Waals surface area contributed by atoms with E-state index in [2.05, 4.69) is 15.5 Å². The van der Waals surface area contributed by atoms with Gasteiger partial charge in [0.05, 0.1) is 0 Å². The maximum atomic E-state index is 13.1. The van der Waals surface area contributed by atoms with E-state index in [-0.39, 0.29) is 17.6 Å². The molecule has 2 rings (SSSR count). The number of hydrogen-bond donors (Lipinski definition) is 2. The molecule has 0 spiro atoms. The van der Waals surface area contributed by atoms with Crippen LogP contribution in [-0.2, 0) is 6.18 Å². The predicted octanol–water partition coefficient (Wildman–Crippen LogP) is 3.27. The van der Waals surface area contributed by atoms with Crippen molar-refractivity contribution in [2.24, 2.45) is 0 Å². The van der Waals surface area contributed by atoms with Crippen LogP contribution in [0.15, 0.2) is 24.3 Å². The van der Waals surface area contributed by atoms with Crippen molar-refractivity contribution in [2.45, 2.75) is 13.1 Å². The number of carbonyl (C=O) groups excluding carboxylic acids is 1. The van der Waals surface area contributed by atoms with E-state index in [0.717, 1.165) is 0 Å². The van der Waals surface area contributed by atoms with Crippen molar-refractivity contribution in [1.82, 2.24) is 15.1 Å². The first-order valence-electron chi connectivity index (χ1n) is 7.05. The molecular formula is C15H16F3N5O2. The maximum Gasteiger partial charge on any atom is 0.421 e. The molecule has 10 heteroatoms. The molecule has 0 aliphatic carbocycles. The number of amides is 2. The molecule has 7 nitrogen and oxygen atoms in total. The van der Waals surface area contributed by atoms with E-state index >= 15 is 0 Å². The van der Waals surface area contributed by atoms with E-state index in [1.165, 1.54) is 17.0 Å². The number of nitrogens with one attached hydrogen (secondary N) is 1. The summed E-state index contributed by atoms with van der Waals surface area (Å²) in [6, 6.07) is 4.82. The zero-order chi connectivity index (χ0) is 18.8. The van der Waals surface area contributed by atoms with Crippen LogP contribution in [0.25, 0.3) is 0 Å². The van der Waals surface area contributed by atoms with Gasteiger partial charge in [0.2, 0.25) is 0 Å². The summed E-state index contributed by atoms with van der Waals surface area (Å²) >= 11 is 0. The van der Waals surface area contributed by atoms with Crippen molar-refractivity contribution in [3.05, 3.63) is 35.4 Å². The summed E-state index contributed by atoms with van der Waals surface area (Å²) in [5, 5.41) is 9.40. The van der Waals surface area contributed by atoms with Crippen molar-refractivity contribution in [3.63, 3.8) is 0 Å². The number of hydrogen-bond acceptors (Lipinski definition) is 5. The van der Waals surface area contributed by atoms with Crippen LogP contribution in [0, 0.1) is 6.92 Å². The van der Waals surface area contributed by atoms with E-state index in [1.54, 1.807) is 27.1 Å². The number of urea groups is 1. The monoisotopic (exact) mass is 355 g/mol. The van der Waals surface area contributed by atoms with Gasteiger partial charge in [0.25, 0.3) is 5.88 Å². The minimum Gasteiger partial charge on any atom is -0.437 e. The third-order valence-corrected chi connectivity index (χ3v) is 3.12. The van der Waals surface area contributed by atoms with Gasteiger partial charge in [-0.05, 0) is 36.8 Å². The number of ether oxygens (including phenoxy) is 1. The molecule has 0 bridgehead atoms. The Bertz CT molecular complexity index is 793. The lowest BCUT2D eigenvalue weighted by Gasteiger charge is -2.15. The minimum absolute atomic E-state index is 0.146. The molecule has 1 aromatic carbocycles. The number of aryl methyl sites for hydroxylation is 1. The number of nitrogens with zero attached hydrogens (tertiary/aromatic N) is 3. The molecule has 2 aromatic rings. The maximum absolute atomic E-state index is 13.1. The third-order valence-electron chi connectivity index (χ3n) is 3.12. The van der Waals surface area contributed by atoms with Crippen LogP contribution in [0.4, 0.5) is 29.5 Å². The second-order valence-electron chi connectivity index (χ2n) is 5.39. The van der Waals surface area contributed by atoms with E-state index in [1.807, 2.05) is 0 Å². The van der Waals surface area contributed by atoms with Gasteiger partial charge in [-0.3, -0.25) is 0 Å². The summed E-state index contributed by atoms with van der Waals surface area (Å²) in [5.41, 5.74) is 5.12. The molecular weight excluding hydrogens is 339 g/mol. The number of carbonyl (C=O) groups is 1. The van der Waals surface area contributed by atoms with Gasteiger partial charge in [0.15, 0.2) is 0 Å². The largest absolute Gasteiger partial charge is 0.437 e. The second-order valence-corrected chi connectivity index (χ2v) is 5.39. The number of alkyl halides is 3. The Kier molecular flexibility index (Phi) is 5.00. The van der Waals surface area contributed by atoms with Crippen LogP contribution < -0.4 is 15.8 Å². The molecule has 1 heterocycles. The second kappa shape index (κ2) is 6.83. The fourth-order valence-corrected chi connectivity index (χ4v) is 1.86. The number of aromatic nitrogens is 2. The van der Waals surface area contributed by atoms with Gasteiger partial charge in [-0.2, -0.15) is 13.2 Å². The van der Waals surface area contributed by atoms with Crippen molar-refractivity contribution in [1.29, 1.82) is 0 Å². The van der Waals surface area contributed by atoms with Gasteiger partial charge in [0, 0.05) is 19.8 Å². The van der Waals surface area contributed by atoms with Crippen LogP contribution in [0.5, 0.6) is 11.6 Å². The molecule has 0 saturated carbocycles. The van der Waals surface area contributed by atoms with Gasteiger partial charge in [-0.25, -0.2) is 4.79 Å². The molecule has 1 aromatic heterocycles. The molecule has 0 radical (unpaired) electrons. The summed E-state index contributed by atoms with van der Waals surface area (Å²) in [5.74, 6) is -0.916. The Morgan fingerprint density at radius 1 is 1.24 bits per heavy atom. The zero-order valence-corrected chi connectivity index (χ0v) is 13.7. The Balaban J connectivity index is 2.29. The number of nitrogens with two attached hydrogens (primary N) is 1. The minimum atomic E-state index is -4.69. The first-order valence-corrected chi connectivity index (χ1v) is 7.05. The van der Waals surface area contributed by atoms with E-state index in [4.69, 9.17) is 10.5 Å². The number of benzene rings is 1. The third kappa shape index (κ3) is 4.49. The van der Waals surface area contributed by atoms with Crippen LogP contribution in [-0.4, -0.2) is 35.2 Å². The lowest BCUT2D eigenvalue weighted by atomic mass is 10.2. The number of nitrogen functional groups attached to an aromatic ring is 1. The van der Waals surface area contributed by atoms with Crippen LogP contribution in [0.3, 0.4) is 0 Å². The highest BCUT2D eigenvalue weighted by Crippen LogP contribution is 2.38. The lowest BCUT2D eigenvalue weighted by Crippen LogP contribution is -2.27. The van der Waals surface area contributed by atoms with Crippen molar-refractivity contribution in [2.75, 3.05) is 25.1 Å². The first-order chi connectivity index (χ1) is 11.6. The van der Waals surface area contributed by atoms with Gasteiger partial charge in [0.1, 0.15) is 17.1 Å². The molecule has 25 heavy (non-hydrogen) atoms. The standard InChI is InChI=1S/C15H16F3N5O2/c1-8-6-9(20-14(24)23(2)3)4-5-11(8)25-13-10(15(16,17)18)7-12(19)21-22-13/h4-7H,1-3H3,(H2,19,21)(H,20,24). The van der Waals surface area contributed by atoms with Gasteiger partial charge in [-0.1, -0.05) is 0 Å². The van der Waals surface area contributed by atoms with E-state index in [9.17, 15) is 18.0 Å². The average Bonchev–Trinajstić information content (AvgIpc) is 2.50. The fourth-order valence-electron chi connectivity index (χ4n) is 1.86. The highest BCUT2D eigenvalue weighted by atomic mass is 19.4. The van der Waals surface area contributed by atoms with Crippen molar-refractivity contribution in [3.8, 4) is 11.6 Å². The van der Waals surface area contributed by atoms with Gasteiger partial charge >= 0.3 is 12.2 Å². The van der Waals surface area contributed by atoms with Gasteiger partial charge in [-0.15, -0.1) is 10.2 Å². The smallest absolute Gasteiger partial charge is 0.421 e. The molecule has 0 unspecified atom stereocenters. The highest BCUT2D eigenvalue weighted by molar-refractivity contribution is 5.89. The summed E-state index contributed by atoms with van der Waals surface area (Å²) in [6.45, 7) is 1.62. The molecule has 134 valence electrons. The molecule has 3 N–H and O–H groups in total. The number of halogens is 3. The Labute approximate surface area is 141 Å². The molecule has 0 atom stereocenters. The van der Waals surface area contributed by atoms with Crippen LogP contribution >= 0.6 is 0 Å². The number of anilines is 2. The SMILES string of the molecule is Cc1cc(NC(=O)N(C)C)ccc1Oc1nnc(N)cc1C(F)(F)F. The molecule has 2 amide bonds. The average molecular weight is 355 g/mol. The quantitative estimate of drug-likeness (QED) is 0.881. The predicted molar refractivity (Wildman–Crippen MR) is 85.4 cm³/mol. The number of rotatable bonds is 3. The first kappa shape index (κ1) is 18.3. The summed E-state index contributed by atoms with van der Waals surface area (Å²) in [4.78, 5) is 13.0.